The van der Waals surface area contributed by atoms with Gasteiger partial charge in [-0.25, -0.2) is 0 Å². The summed E-state index contributed by atoms with van der Waals surface area (Å²) in [5.74, 6) is 0. The van der Waals surface area contributed by atoms with Crippen molar-refractivity contribution >= 4 is 0 Å². The van der Waals surface area contributed by atoms with Crippen molar-refractivity contribution in [2.24, 2.45) is 5.73 Å². The van der Waals surface area contributed by atoms with Gasteiger partial charge < -0.3 is 20.3 Å². The lowest BCUT2D eigenvalue weighted by Gasteiger charge is -2.14. The number of aryl methyl sites for hydroxylation is 1. The highest BCUT2D eigenvalue weighted by molar-refractivity contribution is 4.90. The third-order valence-electron chi connectivity index (χ3n) is 3.93. The summed E-state index contributed by atoms with van der Waals surface area (Å²) < 4.78 is 12.8. The minimum absolute atomic E-state index is 0.317. The number of hydrogen-bond donors (Lipinski definition) is 2. The van der Waals surface area contributed by atoms with Gasteiger partial charge in [-0.1, -0.05) is 37.8 Å². The highest BCUT2D eigenvalue weighted by Gasteiger charge is 2.33. The van der Waals surface area contributed by atoms with Gasteiger partial charge in [-0.05, 0) is 6.42 Å². The first-order valence-corrected chi connectivity index (χ1v) is 8.22. The Morgan fingerprint density at radius 3 is 2.95 bits per heavy atom. The topological polar surface area (TPSA) is 95.4 Å². The Balaban J connectivity index is 1.60. The fourth-order valence-corrected chi connectivity index (χ4v) is 2.53. The first-order valence-electron chi connectivity index (χ1n) is 8.22. The molecule has 3 N–H and O–H groups in total. The number of aromatic nitrogens is 3. The first kappa shape index (κ1) is 17.3. The predicted octanol–water partition coefficient (Wildman–Crippen LogP) is 0.852. The van der Waals surface area contributed by atoms with E-state index < -0.39 is 6.10 Å². The van der Waals surface area contributed by atoms with Crippen LogP contribution in [0.5, 0.6) is 0 Å². The van der Waals surface area contributed by atoms with Gasteiger partial charge in [0.15, 0.2) is 0 Å². The monoisotopic (exact) mass is 312 g/mol. The van der Waals surface area contributed by atoms with Gasteiger partial charge in [0.2, 0.25) is 0 Å². The molecule has 2 rings (SSSR count). The molecule has 0 saturated carbocycles. The number of ether oxygens (including phenoxy) is 2. The SMILES string of the molecule is CCCCCCCn1cc(COC[C@@H]2OC[C@H](N)[C@H]2O)nn1. The van der Waals surface area contributed by atoms with Gasteiger partial charge >= 0.3 is 0 Å². The van der Waals surface area contributed by atoms with E-state index in [2.05, 4.69) is 17.2 Å². The van der Waals surface area contributed by atoms with Crippen molar-refractivity contribution in [2.75, 3.05) is 13.2 Å². The Morgan fingerprint density at radius 1 is 1.41 bits per heavy atom. The number of hydrogen-bond acceptors (Lipinski definition) is 6. The fraction of sp³-hybridized carbons (Fsp3) is 0.867. The minimum atomic E-state index is -0.654. The molecule has 1 fully saturated rings. The molecule has 22 heavy (non-hydrogen) atoms. The second-order valence-corrected chi connectivity index (χ2v) is 5.93. The minimum Gasteiger partial charge on any atom is -0.389 e. The van der Waals surface area contributed by atoms with Crippen molar-refractivity contribution in [1.29, 1.82) is 0 Å². The normalized spacial score (nSPS) is 25.0. The van der Waals surface area contributed by atoms with E-state index in [1.54, 1.807) is 0 Å². The van der Waals surface area contributed by atoms with Gasteiger partial charge in [-0.2, -0.15) is 0 Å². The molecule has 0 bridgehead atoms. The van der Waals surface area contributed by atoms with Crippen LogP contribution < -0.4 is 5.73 Å². The third-order valence-corrected chi connectivity index (χ3v) is 3.93. The second kappa shape index (κ2) is 9.19. The lowest BCUT2D eigenvalue weighted by molar-refractivity contribution is -0.0299. The van der Waals surface area contributed by atoms with Crippen LogP contribution in [0.1, 0.15) is 44.7 Å². The Hall–Kier alpha value is -1.02. The molecule has 0 unspecified atom stereocenters. The molecule has 126 valence electrons. The van der Waals surface area contributed by atoms with Crippen LogP contribution in [0.25, 0.3) is 0 Å². The molecule has 0 aromatic carbocycles. The Labute approximate surface area is 131 Å². The second-order valence-electron chi connectivity index (χ2n) is 5.93. The zero-order valence-electron chi connectivity index (χ0n) is 13.4. The van der Waals surface area contributed by atoms with Crippen LogP contribution in [0.3, 0.4) is 0 Å². The maximum Gasteiger partial charge on any atom is 0.108 e. The van der Waals surface area contributed by atoms with Crippen LogP contribution in [0.2, 0.25) is 0 Å². The molecule has 1 aromatic rings. The van der Waals surface area contributed by atoms with Gasteiger partial charge in [-0.3, -0.25) is 4.68 Å². The number of nitrogens with two attached hydrogens (primary N) is 1. The molecule has 0 radical (unpaired) electrons. The molecule has 2 heterocycles. The molecule has 1 aliphatic heterocycles. The summed E-state index contributed by atoms with van der Waals surface area (Å²) in [6, 6.07) is -0.317. The fourth-order valence-electron chi connectivity index (χ4n) is 2.53. The van der Waals surface area contributed by atoms with E-state index in [0.29, 0.717) is 19.8 Å². The predicted molar refractivity (Wildman–Crippen MR) is 82.2 cm³/mol. The molecule has 1 aromatic heterocycles. The standard InChI is InChI=1S/C15H28N4O3/c1-2-3-4-5-6-7-19-8-12(17-18-19)9-21-11-14-15(20)13(16)10-22-14/h8,13-15,20H,2-7,9-11,16H2,1H3/t13-,14-,15+/m0/s1. The third kappa shape index (κ3) is 5.31. The summed E-state index contributed by atoms with van der Waals surface area (Å²) >= 11 is 0. The van der Waals surface area contributed by atoms with Crippen LogP contribution in [-0.4, -0.2) is 51.6 Å². The van der Waals surface area contributed by atoms with E-state index in [-0.39, 0.29) is 12.1 Å². The van der Waals surface area contributed by atoms with E-state index in [0.717, 1.165) is 18.7 Å². The number of nitrogens with zero attached hydrogens (tertiary/aromatic N) is 3. The molecule has 7 heteroatoms. The summed E-state index contributed by atoms with van der Waals surface area (Å²) in [5, 5.41) is 17.9. The zero-order valence-corrected chi connectivity index (χ0v) is 13.4. The molecule has 1 saturated heterocycles. The quantitative estimate of drug-likeness (QED) is 0.622. The van der Waals surface area contributed by atoms with Crippen molar-refractivity contribution < 1.29 is 14.6 Å². The van der Waals surface area contributed by atoms with E-state index in [1.807, 2.05) is 10.9 Å². The summed E-state index contributed by atoms with van der Waals surface area (Å²) in [6.45, 7) is 4.18. The molecule has 0 spiro atoms. The molecule has 7 nitrogen and oxygen atoms in total. The molecular formula is C15H28N4O3. The number of aliphatic hydroxyl groups is 1. The number of aliphatic hydroxyl groups excluding tert-OH is 1. The maximum absolute atomic E-state index is 9.76. The van der Waals surface area contributed by atoms with Gasteiger partial charge in [0.05, 0.1) is 38.2 Å². The average molecular weight is 312 g/mol. The summed E-state index contributed by atoms with van der Waals surface area (Å²) in [6.07, 6.45) is 7.12. The summed E-state index contributed by atoms with van der Waals surface area (Å²) in [5.41, 5.74) is 6.47. The van der Waals surface area contributed by atoms with Gasteiger partial charge in [0.25, 0.3) is 0 Å². The Morgan fingerprint density at radius 2 is 2.23 bits per heavy atom. The van der Waals surface area contributed by atoms with E-state index in [4.69, 9.17) is 15.2 Å². The van der Waals surface area contributed by atoms with E-state index in [1.165, 1.54) is 25.7 Å². The first-order chi connectivity index (χ1) is 10.7. The lowest BCUT2D eigenvalue weighted by Crippen LogP contribution is -2.38. The van der Waals surface area contributed by atoms with Crippen molar-refractivity contribution in [2.45, 2.75) is 70.4 Å². The van der Waals surface area contributed by atoms with Crippen molar-refractivity contribution in [3.05, 3.63) is 11.9 Å². The Kier molecular flexibility index (Phi) is 7.24. The van der Waals surface area contributed by atoms with E-state index >= 15 is 0 Å². The average Bonchev–Trinajstić information content (AvgIpc) is 3.09. The van der Waals surface area contributed by atoms with Crippen LogP contribution in [0.4, 0.5) is 0 Å². The molecule has 0 amide bonds. The highest BCUT2D eigenvalue weighted by atomic mass is 16.5. The summed E-state index contributed by atoms with van der Waals surface area (Å²) in [4.78, 5) is 0. The largest absolute Gasteiger partial charge is 0.389 e. The Bertz CT molecular complexity index is 427. The number of unbranched alkanes of at least 4 members (excludes halogenated alkanes) is 4. The van der Waals surface area contributed by atoms with Crippen LogP contribution in [0, 0.1) is 0 Å². The van der Waals surface area contributed by atoms with Gasteiger partial charge in [0, 0.05) is 6.54 Å². The molecule has 1 aliphatic rings. The zero-order chi connectivity index (χ0) is 15.8. The van der Waals surface area contributed by atoms with Crippen LogP contribution in [0.15, 0.2) is 6.20 Å². The highest BCUT2D eigenvalue weighted by Crippen LogP contribution is 2.13. The van der Waals surface area contributed by atoms with Gasteiger partial charge in [-0.15, -0.1) is 5.10 Å². The maximum atomic E-state index is 9.76. The van der Waals surface area contributed by atoms with Crippen LogP contribution in [-0.2, 0) is 22.6 Å². The number of rotatable bonds is 10. The molecular weight excluding hydrogens is 284 g/mol. The van der Waals surface area contributed by atoms with E-state index in [9.17, 15) is 5.11 Å². The van der Waals surface area contributed by atoms with Crippen LogP contribution >= 0.6 is 0 Å². The van der Waals surface area contributed by atoms with Crippen molar-refractivity contribution in [3.63, 3.8) is 0 Å². The van der Waals surface area contributed by atoms with Gasteiger partial charge in [0.1, 0.15) is 11.8 Å². The smallest absolute Gasteiger partial charge is 0.108 e. The van der Waals surface area contributed by atoms with Crippen molar-refractivity contribution in [3.8, 4) is 0 Å². The molecule has 0 aliphatic carbocycles. The molecule has 3 atom stereocenters. The summed E-state index contributed by atoms with van der Waals surface area (Å²) in [7, 11) is 0. The van der Waals surface area contributed by atoms with Crippen molar-refractivity contribution in [1.82, 2.24) is 15.0 Å². The lowest BCUT2D eigenvalue weighted by atomic mass is 10.1.